The van der Waals surface area contributed by atoms with Crippen molar-refractivity contribution in [3.8, 4) is 0 Å². The zero-order chi connectivity index (χ0) is 18.7. The summed E-state index contributed by atoms with van der Waals surface area (Å²) in [7, 11) is 0. The predicted molar refractivity (Wildman–Crippen MR) is 103 cm³/mol. The van der Waals surface area contributed by atoms with Crippen LogP contribution >= 0.6 is 11.6 Å². The Morgan fingerprint density at radius 3 is 2.73 bits per heavy atom. The summed E-state index contributed by atoms with van der Waals surface area (Å²) >= 11 is 6.17. The number of aryl methyl sites for hydroxylation is 1. The second-order valence-corrected chi connectivity index (χ2v) is 6.36. The molecule has 2 heterocycles. The first-order valence-corrected chi connectivity index (χ1v) is 8.66. The fraction of sp³-hybridized carbons (Fsp3) is 0.211. The Morgan fingerprint density at radius 2 is 2.00 bits per heavy atom. The number of carbonyl (C=O) groups is 2. The smallest absolute Gasteiger partial charge is 0.230 e. The molecule has 0 fully saturated rings. The zero-order valence-corrected chi connectivity index (χ0v) is 15.3. The highest BCUT2D eigenvalue weighted by molar-refractivity contribution is 6.34. The summed E-state index contributed by atoms with van der Waals surface area (Å²) < 4.78 is 1.91. The highest BCUT2D eigenvalue weighted by Crippen LogP contribution is 2.26. The molecule has 0 aliphatic rings. The van der Waals surface area contributed by atoms with Gasteiger partial charge in [-0.3, -0.25) is 9.59 Å². The lowest BCUT2D eigenvalue weighted by molar-refractivity contribution is -0.116. The van der Waals surface area contributed by atoms with Crippen molar-refractivity contribution in [3.63, 3.8) is 0 Å². The zero-order valence-electron chi connectivity index (χ0n) is 14.5. The van der Waals surface area contributed by atoms with Crippen molar-refractivity contribution < 1.29 is 9.59 Å². The molecule has 3 rings (SSSR count). The SMILES string of the molecule is CCC(=O)Nc1ccc(NC(=O)Cc2cnc3c(C)cccn23)cc1Cl. The molecule has 0 bridgehead atoms. The first-order valence-electron chi connectivity index (χ1n) is 8.28. The standard InChI is InChI=1S/C19H19ClN4O2/c1-3-17(25)23-16-7-6-13(9-15(16)20)22-18(26)10-14-11-21-19-12(2)5-4-8-24(14)19/h4-9,11H,3,10H2,1-2H3,(H,22,26)(H,23,25). The van der Waals surface area contributed by atoms with E-state index in [4.69, 9.17) is 11.6 Å². The molecule has 6 nitrogen and oxygen atoms in total. The van der Waals surface area contributed by atoms with E-state index in [-0.39, 0.29) is 18.2 Å². The molecule has 3 aromatic rings. The monoisotopic (exact) mass is 370 g/mol. The molecule has 0 aliphatic carbocycles. The lowest BCUT2D eigenvalue weighted by Crippen LogP contribution is -2.16. The van der Waals surface area contributed by atoms with Crippen LogP contribution in [0.15, 0.2) is 42.7 Å². The number of carbonyl (C=O) groups excluding carboxylic acids is 2. The number of anilines is 2. The van der Waals surface area contributed by atoms with Crippen molar-refractivity contribution in [2.24, 2.45) is 0 Å². The second kappa shape index (κ2) is 7.58. The van der Waals surface area contributed by atoms with Crippen LogP contribution in [0.2, 0.25) is 5.02 Å². The van der Waals surface area contributed by atoms with Crippen LogP contribution in [0.1, 0.15) is 24.6 Å². The van der Waals surface area contributed by atoms with Crippen LogP contribution in [0, 0.1) is 6.92 Å². The van der Waals surface area contributed by atoms with Crippen LogP contribution in [-0.4, -0.2) is 21.2 Å². The van der Waals surface area contributed by atoms with Crippen molar-refractivity contribution in [2.45, 2.75) is 26.7 Å². The number of benzene rings is 1. The molecule has 0 spiro atoms. The number of fused-ring (bicyclic) bond motifs is 1. The van der Waals surface area contributed by atoms with Gasteiger partial charge in [0, 0.05) is 24.5 Å². The van der Waals surface area contributed by atoms with Gasteiger partial charge in [-0.1, -0.05) is 24.6 Å². The minimum Gasteiger partial charge on any atom is -0.326 e. The molecule has 2 N–H and O–H groups in total. The van der Waals surface area contributed by atoms with Gasteiger partial charge >= 0.3 is 0 Å². The minimum atomic E-state index is -0.172. The van der Waals surface area contributed by atoms with Crippen LogP contribution in [-0.2, 0) is 16.0 Å². The van der Waals surface area contributed by atoms with Crippen LogP contribution in [0.5, 0.6) is 0 Å². The summed E-state index contributed by atoms with van der Waals surface area (Å²) in [4.78, 5) is 28.2. The van der Waals surface area contributed by atoms with Gasteiger partial charge in [0.1, 0.15) is 5.65 Å². The van der Waals surface area contributed by atoms with E-state index in [1.165, 1.54) is 0 Å². The summed E-state index contributed by atoms with van der Waals surface area (Å²) in [6.45, 7) is 3.74. The minimum absolute atomic E-state index is 0.119. The van der Waals surface area contributed by atoms with Crippen molar-refractivity contribution in [1.82, 2.24) is 9.38 Å². The van der Waals surface area contributed by atoms with Gasteiger partial charge in [0.05, 0.1) is 22.8 Å². The van der Waals surface area contributed by atoms with Crippen molar-refractivity contribution in [2.75, 3.05) is 10.6 Å². The van der Waals surface area contributed by atoms with E-state index in [1.807, 2.05) is 29.7 Å². The Bertz CT molecular complexity index is 981. The van der Waals surface area contributed by atoms with E-state index in [2.05, 4.69) is 15.6 Å². The van der Waals surface area contributed by atoms with Gasteiger partial charge in [0.2, 0.25) is 11.8 Å². The fourth-order valence-corrected chi connectivity index (χ4v) is 2.86. The first-order chi connectivity index (χ1) is 12.5. The summed E-state index contributed by atoms with van der Waals surface area (Å²) in [6, 6.07) is 8.89. The fourth-order valence-electron chi connectivity index (χ4n) is 2.64. The normalized spacial score (nSPS) is 10.7. The van der Waals surface area contributed by atoms with Crippen molar-refractivity contribution >= 4 is 40.4 Å². The molecule has 0 saturated heterocycles. The van der Waals surface area contributed by atoms with Gasteiger partial charge in [-0.05, 0) is 36.8 Å². The van der Waals surface area contributed by atoms with Crippen LogP contribution < -0.4 is 10.6 Å². The summed E-state index contributed by atoms with van der Waals surface area (Å²) in [5, 5.41) is 5.90. The molecule has 2 amide bonds. The Balaban J connectivity index is 1.70. The second-order valence-electron chi connectivity index (χ2n) is 5.96. The van der Waals surface area contributed by atoms with Crippen molar-refractivity contribution in [3.05, 3.63) is 59.0 Å². The third-order valence-corrected chi connectivity index (χ3v) is 4.31. The molecule has 0 unspecified atom stereocenters. The number of aromatic nitrogens is 2. The molecular weight excluding hydrogens is 352 g/mol. The Kier molecular flexibility index (Phi) is 5.23. The molecule has 26 heavy (non-hydrogen) atoms. The average Bonchev–Trinajstić information content (AvgIpc) is 3.01. The molecule has 0 aliphatic heterocycles. The van der Waals surface area contributed by atoms with Gasteiger partial charge in [0.25, 0.3) is 0 Å². The maximum Gasteiger partial charge on any atom is 0.230 e. The quantitative estimate of drug-likeness (QED) is 0.716. The Labute approximate surface area is 156 Å². The molecule has 0 saturated carbocycles. The van der Waals surface area contributed by atoms with E-state index in [0.717, 1.165) is 16.9 Å². The van der Waals surface area contributed by atoms with E-state index >= 15 is 0 Å². The number of pyridine rings is 1. The highest BCUT2D eigenvalue weighted by atomic mass is 35.5. The maximum absolute atomic E-state index is 12.4. The summed E-state index contributed by atoms with van der Waals surface area (Å²) in [5.74, 6) is -0.290. The van der Waals surface area contributed by atoms with Crippen LogP contribution in [0.4, 0.5) is 11.4 Å². The number of rotatable bonds is 5. The molecular formula is C19H19ClN4O2. The van der Waals surface area contributed by atoms with Gasteiger partial charge in [-0.2, -0.15) is 0 Å². The first kappa shape index (κ1) is 17.9. The van der Waals surface area contributed by atoms with Gasteiger partial charge in [-0.15, -0.1) is 0 Å². The lowest BCUT2D eigenvalue weighted by atomic mass is 10.2. The van der Waals surface area contributed by atoms with Crippen molar-refractivity contribution in [1.29, 1.82) is 0 Å². The van der Waals surface area contributed by atoms with Gasteiger partial charge < -0.3 is 15.0 Å². The number of hydrogen-bond donors (Lipinski definition) is 2. The van der Waals surface area contributed by atoms with E-state index in [0.29, 0.717) is 22.8 Å². The number of hydrogen-bond acceptors (Lipinski definition) is 3. The number of imidazole rings is 1. The molecule has 0 radical (unpaired) electrons. The third kappa shape index (κ3) is 3.86. The van der Waals surface area contributed by atoms with Crippen LogP contribution in [0.25, 0.3) is 5.65 Å². The molecule has 7 heteroatoms. The largest absolute Gasteiger partial charge is 0.326 e. The highest BCUT2D eigenvalue weighted by Gasteiger charge is 2.11. The topological polar surface area (TPSA) is 75.5 Å². The Morgan fingerprint density at radius 1 is 1.19 bits per heavy atom. The summed E-state index contributed by atoms with van der Waals surface area (Å²) in [6.07, 6.45) is 4.16. The molecule has 2 aromatic heterocycles. The average molecular weight is 371 g/mol. The summed E-state index contributed by atoms with van der Waals surface area (Å²) in [5.41, 5.74) is 3.79. The maximum atomic E-state index is 12.4. The van der Waals surface area contributed by atoms with E-state index < -0.39 is 0 Å². The third-order valence-electron chi connectivity index (χ3n) is 4.00. The van der Waals surface area contributed by atoms with Crippen LogP contribution in [0.3, 0.4) is 0 Å². The lowest BCUT2D eigenvalue weighted by Gasteiger charge is -2.10. The predicted octanol–water partition coefficient (Wildman–Crippen LogP) is 3.83. The van der Waals surface area contributed by atoms with E-state index in [9.17, 15) is 9.59 Å². The van der Waals surface area contributed by atoms with Gasteiger partial charge in [0.15, 0.2) is 0 Å². The number of halogens is 1. The van der Waals surface area contributed by atoms with Gasteiger partial charge in [-0.25, -0.2) is 4.98 Å². The number of nitrogens with one attached hydrogen (secondary N) is 2. The molecule has 0 atom stereocenters. The number of nitrogens with zero attached hydrogens (tertiary/aromatic N) is 2. The van der Waals surface area contributed by atoms with E-state index in [1.54, 1.807) is 31.3 Å². The Hall–Kier alpha value is -2.86. The molecule has 1 aromatic carbocycles. The molecule has 134 valence electrons. The number of amides is 2.